The minimum absolute atomic E-state index is 0.214. The van der Waals surface area contributed by atoms with Crippen LogP contribution in [-0.2, 0) is 21.3 Å². The number of hydrogen-bond acceptors (Lipinski definition) is 8. The summed E-state index contributed by atoms with van der Waals surface area (Å²) in [5.41, 5.74) is 1.64. The number of piperidine rings is 1. The second-order valence-corrected chi connectivity index (χ2v) is 13.7. The number of thiophene rings is 1. The molecule has 2 N–H and O–H groups in total. The first-order valence-corrected chi connectivity index (χ1v) is 15.6. The highest BCUT2D eigenvalue weighted by atomic mass is 32.2. The fourth-order valence-corrected chi connectivity index (χ4v) is 8.05. The van der Waals surface area contributed by atoms with Gasteiger partial charge in [-0.1, -0.05) is 18.2 Å². The third kappa shape index (κ3) is 5.76. The molecule has 1 aromatic carbocycles. The average Bonchev–Trinajstić information content (AvgIpc) is 3.64. The van der Waals surface area contributed by atoms with Crippen molar-refractivity contribution in [3.05, 3.63) is 52.9 Å². The van der Waals surface area contributed by atoms with Gasteiger partial charge in [-0.05, 0) is 50.3 Å². The molecule has 0 atom stereocenters. The molecule has 11 heteroatoms. The van der Waals surface area contributed by atoms with Gasteiger partial charge in [0.25, 0.3) is 10.0 Å². The lowest BCUT2D eigenvalue weighted by Crippen LogP contribution is -2.41. The van der Waals surface area contributed by atoms with Crippen molar-refractivity contribution in [3.8, 4) is 10.7 Å². The zero-order chi connectivity index (χ0) is 26.0. The predicted octanol–water partition coefficient (Wildman–Crippen LogP) is 4.93. The molecule has 198 valence electrons. The molecule has 0 saturated carbocycles. The van der Waals surface area contributed by atoms with Gasteiger partial charge in [0.05, 0.1) is 35.7 Å². The maximum absolute atomic E-state index is 13.6. The lowest BCUT2D eigenvalue weighted by molar-refractivity contribution is -0.00708. The van der Waals surface area contributed by atoms with Crippen LogP contribution in [0.5, 0.6) is 0 Å². The zero-order valence-corrected chi connectivity index (χ0v) is 23.5. The first-order chi connectivity index (χ1) is 17.8. The fourth-order valence-electron chi connectivity index (χ4n) is 4.56. The summed E-state index contributed by atoms with van der Waals surface area (Å²) in [4.78, 5) is 11.6. The van der Waals surface area contributed by atoms with E-state index in [1.54, 1.807) is 28.8 Å². The summed E-state index contributed by atoms with van der Waals surface area (Å²) < 4.78 is 34.4. The smallest absolute Gasteiger partial charge is 0.273 e. The molecule has 4 aromatic rings. The van der Waals surface area contributed by atoms with Gasteiger partial charge >= 0.3 is 0 Å². The number of ether oxygens (including phenoxy) is 1. The molecule has 0 amide bonds. The molecule has 0 bridgehead atoms. The molecule has 37 heavy (non-hydrogen) atoms. The van der Waals surface area contributed by atoms with Gasteiger partial charge in [-0.15, -0.1) is 22.7 Å². The van der Waals surface area contributed by atoms with E-state index in [0.29, 0.717) is 23.1 Å². The van der Waals surface area contributed by atoms with E-state index in [1.165, 1.54) is 15.6 Å². The maximum atomic E-state index is 13.6. The van der Waals surface area contributed by atoms with Crippen LogP contribution >= 0.6 is 22.7 Å². The molecule has 4 heterocycles. The lowest BCUT2D eigenvalue weighted by atomic mass is 9.94. The third-order valence-corrected chi connectivity index (χ3v) is 10.9. The van der Waals surface area contributed by atoms with E-state index < -0.39 is 15.6 Å². The number of nitrogens with one attached hydrogen (secondary N) is 1. The number of benzene rings is 1. The molecule has 0 aliphatic carbocycles. The normalized spacial score (nSPS) is 16.4. The summed E-state index contributed by atoms with van der Waals surface area (Å²) >= 11 is 2.84. The number of anilines is 1. The number of hydrogen-bond donors (Lipinski definition) is 2. The lowest BCUT2D eigenvalue weighted by Gasteiger charge is -2.35. The highest BCUT2D eigenvalue weighted by Gasteiger charge is 2.29. The topological polar surface area (TPSA) is 98.8 Å². The van der Waals surface area contributed by atoms with E-state index in [-0.39, 0.29) is 6.54 Å². The third-order valence-electron chi connectivity index (χ3n) is 6.68. The van der Waals surface area contributed by atoms with Crippen molar-refractivity contribution < 1.29 is 18.3 Å². The van der Waals surface area contributed by atoms with Crippen molar-refractivity contribution in [2.45, 2.75) is 43.0 Å². The Morgan fingerprint density at radius 3 is 2.78 bits per heavy atom. The average molecular weight is 561 g/mol. The first-order valence-electron chi connectivity index (χ1n) is 12.4. The number of aromatic amines is 1. The van der Waals surface area contributed by atoms with Gasteiger partial charge in [0.2, 0.25) is 0 Å². The van der Waals surface area contributed by atoms with Crippen molar-refractivity contribution in [3.63, 3.8) is 0 Å². The second-order valence-electron chi connectivity index (χ2n) is 9.54. The highest BCUT2D eigenvalue weighted by molar-refractivity contribution is 7.94. The Hall–Kier alpha value is -2.28. The Morgan fingerprint density at radius 1 is 1.24 bits per heavy atom. The van der Waals surface area contributed by atoms with Crippen LogP contribution in [0.2, 0.25) is 0 Å². The number of para-hydroxylation sites is 1. The van der Waals surface area contributed by atoms with Crippen LogP contribution in [0.3, 0.4) is 0 Å². The molecule has 5 rings (SSSR count). The Morgan fingerprint density at radius 2 is 2.05 bits per heavy atom. The molecule has 0 unspecified atom stereocenters. The monoisotopic (exact) mass is 560 g/mol. The van der Waals surface area contributed by atoms with Gasteiger partial charge in [0, 0.05) is 42.7 Å². The summed E-state index contributed by atoms with van der Waals surface area (Å²) in [5, 5.41) is 13.8. The van der Waals surface area contributed by atoms with Gasteiger partial charge < -0.3 is 14.8 Å². The maximum Gasteiger partial charge on any atom is 0.273 e. The van der Waals surface area contributed by atoms with Crippen molar-refractivity contribution in [2.75, 3.05) is 37.2 Å². The number of sulfonamides is 1. The van der Waals surface area contributed by atoms with E-state index in [2.05, 4.69) is 14.9 Å². The Bertz CT molecular complexity index is 1430. The Labute approximate surface area is 225 Å². The van der Waals surface area contributed by atoms with Gasteiger partial charge in [-0.2, -0.15) is 0 Å². The molecule has 1 aliphatic heterocycles. The standard InChI is InChI=1S/C26H32N4O4S3/c1-3-34-14-13-30(37(32,33)23-8-5-15-35-23)22-7-4-6-19-16-21(28-24(19)22)25-27-17-20(36-25)18-29-11-9-26(2,31)10-12-29/h4-8,15-17,28,31H,3,9-14,18H2,1-2H3. The second kappa shape index (κ2) is 10.8. The molecule has 8 nitrogen and oxygen atoms in total. The summed E-state index contributed by atoms with van der Waals surface area (Å²) in [5.74, 6) is 0. The quantitative estimate of drug-likeness (QED) is 0.267. The van der Waals surface area contributed by atoms with Crippen molar-refractivity contribution >= 4 is 49.3 Å². The number of aromatic nitrogens is 2. The first kappa shape index (κ1) is 26.3. The van der Waals surface area contributed by atoms with Crippen LogP contribution in [0.1, 0.15) is 31.6 Å². The van der Waals surface area contributed by atoms with E-state index >= 15 is 0 Å². The van der Waals surface area contributed by atoms with E-state index in [0.717, 1.165) is 59.0 Å². The predicted molar refractivity (Wildman–Crippen MR) is 150 cm³/mol. The highest BCUT2D eigenvalue weighted by Crippen LogP contribution is 2.36. The van der Waals surface area contributed by atoms with Crippen molar-refractivity contribution in [2.24, 2.45) is 0 Å². The van der Waals surface area contributed by atoms with Crippen LogP contribution in [0.25, 0.3) is 21.6 Å². The number of nitrogens with zero attached hydrogens (tertiary/aromatic N) is 3. The number of fused-ring (bicyclic) bond motifs is 1. The van der Waals surface area contributed by atoms with E-state index in [9.17, 15) is 13.5 Å². The summed E-state index contributed by atoms with van der Waals surface area (Å²) in [6, 6.07) is 11.1. The fraction of sp³-hybridized carbons (Fsp3) is 0.423. The largest absolute Gasteiger partial charge is 0.390 e. The van der Waals surface area contributed by atoms with Gasteiger partial charge in [0.1, 0.15) is 9.22 Å². The molecule has 1 saturated heterocycles. The molecule has 1 aliphatic rings. The van der Waals surface area contributed by atoms with Crippen molar-refractivity contribution in [1.82, 2.24) is 14.9 Å². The molecule has 3 aromatic heterocycles. The van der Waals surface area contributed by atoms with Crippen LogP contribution in [0.15, 0.2) is 52.2 Å². The number of likely N-dealkylation sites (tertiary alicyclic amines) is 1. The Balaban J connectivity index is 1.43. The molecular formula is C26H32N4O4S3. The molecule has 1 fully saturated rings. The number of H-pyrrole nitrogens is 1. The SMILES string of the molecule is CCOCCN(c1cccc2cc(-c3ncc(CN4CCC(C)(O)CC4)s3)[nH]c12)S(=O)(=O)c1cccs1. The Kier molecular flexibility index (Phi) is 7.71. The van der Waals surface area contributed by atoms with E-state index in [4.69, 9.17) is 4.74 Å². The van der Waals surface area contributed by atoms with Crippen LogP contribution < -0.4 is 4.31 Å². The number of aliphatic hydroxyl groups is 1. The van der Waals surface area contributed by atoms with Crippen LogP contribution in [0.4, 0.5) is 5.69 Å². The molecule has 0 spiro atoms. The van der Waals surface area contributed by atoms with Gasteiger partial charge in [-0.25, -0.2) is 13.4 Å². The minimum Gasteiger partial charge on any atom is -0.390 e. The number of thiazole rings is 1. The van der Waals surface area contributed by atoms with Crippen molar-refractivity contribution in [1.29, 1.82) is 0 Å². The molecule has 0 radical (unpaired) electrons. The summed E-state index contributed by atoms with van der Waals surface area (Å²) in [6.07, 6.45) is 3.46. The van der Waals surface area contributed by atoms with Gasteiger partial charge in [0.15, 0.2) is 0 Å². The minimum atomic E-state index is -3.74. The van der Waals surface area contributed by atoms with Gasteiger partial charge in [-0.3, -0.25) is 9.21 Å². The van der Waals surface area contributed by atoms with Crippen LogP contribution in [0, 0.1) is 0 Å². The molecular weight excluding hydrogens is 529 g/mol. The van der Waals surface area contributed by atoms with E-state index in [1.807, 2.05) is 44.3 Å². The van der Waals surface area contributed by atoms with Crippen LogP contribution in [-0.4, -0.2) is 66.8 Å². The summed E-state index contributed by atoms with van der Waals surface area (Å²) in [6.45, 7) is 7.38. The number of rotatable bonds is 10. The zero-order valence-electron chi connectivity index (χ0n) is 21.0. The summed E-state index contributed by atoms with van der Waals surface area (Å²) in [7, 11) is -3.74.